The molecule has 3 aromatic rings. The highest BCUT2D eigenvalue weighted by molar-refractivity contribution is 7.89. The van der Waals surface area contributed by atoms with Gasteiger partial charge in [0, 0.05) is 43.5 Å². The zero-order valence-electron chi connectivity index (χ0n) is 18.0. The van der Waals surface area contributed by atoms with E-state index in [1.165, 1.54) is 27.4 Å². The van der Waals surface area contributed by atoms with Crippen LogP contribution in [0.25, 0.3) is 0 Å². The van der Waals surface area contributed by atoms with Crippen molar-refractivity contribution in [1.82, 2.24) is 14.1 Å². The second-order valence-electron chi connectivity index (χ2n) is 7.69. The molecule has 32 heavy (non-hydrogen) atoms. The summed E-state index contributed by atoms with van der Waals surface area (Å²) in [5, 5.41) is 4.61. The zero-order valence-corrected chi connectivity index (χ0v) is 18.8. The first kappa shape index (κ1) is 22.2. The summed E-state index contributed by atoms with van der Waals surface area (Å²) in [6, 6.07) is 14.9. The standard InChI is InChI=1S/C23H25FN4O3S/c1-3-32(30,31)27-14-13-22-19(15-27)21(25-26(22)2)16-28(17-9-5-4-6-10-17)23(29)18-11-7-8-12-20(18)24/h4-12H,3,13-16H2,1-2H3. The molecule has 0 saturated heterocycles. The normalized spacial score (nSPS) is 14.2. The Bertz CT molecular complexity index is 1240. The number of carbonyl (C=O) groups is 1. The van der Waals surface area contributed by atoms with E-state index in [2.05, 4.69) is 5.10 Å². The number of sulfonamides is 1. The number of nitrogens with zero attached hydrogens (tertiary/aromatic N) is 4. The number of aryl methyl sites for hydroxylation is 1. The van der Waals surface area contributed by atoms with E-state index < -0.39 is 21.7 Å². The first-order chi connectivity index (χ1) is 15.3. The van der Waals surface area contributed by atoms with E-state index in [0.29, 0.717) is 24.3 Å². The summed E-state index contributed by atoms with van der Waals surface area (Å²) in [6.07, 6.45) is 0.546. The highest BCUT2D eigenvalue weighted by Gasteiger charge is 2.31. The smallest absolute Gasteiger partial charge is 0.261 e. The maximum absolute atomic E-state index is 14.4. The molecule has 168 valence electrons. The van der Waals surface area contributed by atoms with E-state index in [4.69, 9.17) is 0 Å². The van der Waals surface area contributed by atoms with E-state index in [1.54, 1.807) is 41.9 Å². The lowest BCUT2D eigenvalue weighted by molar-refractivity contribution is 0.0980. The molecule has 9 heteroatoms. The van der Waals surface area contributed by atoms with E-state index in [0.717, 1.165) is 11.3 Å². The molecule has 0 radical (unpaired) electrons. The van der Waals surface area contributed by atoms with Crippen LogP contribution in [0.15, 0.2) is 54.6 Å². The molecular weight excluding hydrogens is 431 g/mol. The fourth-order valence-electron chi connectivity index (χ4n) is 4.01. The molecule has 7 nitrogen and oxygen atoms in total. The van der Waals surface area contributed by atoms with Crippen LogP contribution in [0.2, 0.25) is 0 Å². The Morgan fingerprint density at radius 2 is 1.81 bits per heavy atom. The van der Waals surface area contributed by atoms with Crippen molar-refractivity contribution in [3.8, 4) is 0 Å². The van der Waals surface area contributed by atoms with Gasteiger partial charge >= 0.3 is 0 Å². The second-order valence-corrected chi connectivity index (χ2v) is 9.94. The minimum atomic E-state index is -3.35. The zero-order chi connectivity index (χ0) is 22.9. The molecule has 1 aliphatic rings. The fraction of sp³-hybridized carbons (Fsp3) is 0.304. The number of hydrogen-bond donors (Lipinski definition) is 0. The summed E-state index contributed by atoms with van der Waals surface area (Å²) in [5.74, 6) is -1.05. The highest BCUT2D eigenvalue weighted by atomic mass is 32.2. The van der Waals surface area contributed by atoms with Gasteiger partial charge in [-0.1, -0.05) is 30.3 Å². The Hall–Kier alpha value is -3.04. The van der Waals surface area contributed by atoms with Gasteiger partial charge in [-0.15, -0.1) is 0 Å². The Morgan fingerprint density at radius 1 is 1.12 bits per heavy atom. The molecule has 0 saturated carbocycles. The third-order valence-corrected chi connectivity index (χ3v) is 7.60. The molecule has 0 atom stereocenters. The van der Waals surface area contributed by atoms with Crippen molar-refractivity contribution < 1.29 is 17.6 Å². The van der Waals surface area contributed by atoms with Crippen molar-refractivity contribution in [2.45, 2.75) is 26.4 Å². The van der Waals surface area contributed by atoms with Gasteiger partial charge < -0.3 is 4.90 Å². The predicted octanol–water partition coefficient (Wildman–Crippen LogP) is 3.11. The first-order valence-electron chi connectivity index (χ1n) is 10.4. The molecule has 1 aliphatic heterocycles. The Kier molecular flexibility index (Phi) is 6.12. The summed E-state index contributed by atoms with van der Waals surface area (Å²) < 4.78 is 42.5. The van der Waals surface area contributed by atoms with Crippen LogP contribution in [0.1, 0.15) is 34.2 Å². The van der Waals surface area contributed by atoms with Crippen LogP contribution in [0.5, 0.6) is 0 Å². The van der Waals surface area contributed by atoms with Gasteiger partial charge in [0.2, 0.25) is 10.0 Å². The van der Waals surface area contributed by atoms with Gasteiger partial charge in [-0.25, -0.2) is 12.8 Å². The van der Waals surface area contributed by atoms with Crippen LogP contribution >= 0.6 is 0 Å². The number of amides is 1. The summed E-state index contributed by atoms with van der Waals surface area (Å²) in [5.41, 5.74) is 2.93. The number of para-hydroxylation sites is 1. The molecule has 4 rings (SSSR count). The van der Waals surface area contributed by atoms with Crippen LogP contribution in [0.3, 0.4) is 0 Å². The van der Waals surface area contributed by atoms with Crippen LogP contribution in [0.4, 0.5) is 10.1 Å². The average molecular weight is 457 g/mol. The van der Waals surface area contributed by atoms with Crippen molar-refractivity contribution in [3.05, 3.63) is 82.9 Å². The van der Waals surface area contributed by atoms with Crippen LogP contribution < -0.4 is 4.90 Å². The molecule has 0 fully saturated rings. The third kappa shape index (κ3) is 4.18. The average Bonchev–Trinajstić information content (AvgIpc) is 3.12. The van der Waals surface area contributed by atoms with Gasteiger partial charge in [0.25, 0.3) is 5.91 Å². The molecule has 0 spiro atoms. The Balaban J connectivity index is 1.73. The summed E-state index contributed by atoms with van der Waals surface area (Å²) >= 11 is 0. The van der Waals surface area contributed by atoms with Gasteiger partial charge in [-0.3, -0.25) is 9.48 Å². The molecule has 1 aromatic heterocycles. The number of halogens is 1. The summed E-state index contributed by atoms with van der Waals surface area (Å²) in [7, 11) is -1.53. The van der Waals surface area contributed by atoms with Crippen molar-refractivity contribution >= 4 is 21.6 Å². The lowest BCUT2D eigenvalue weighted by Crippen LogP contribution is -2.38. The van der Waals surface area contributed by atoms with Crippen LogP contribution in [0, 0.1) is 5.82 Å². The van der Waals surface area contributed by atoms with Gasteiger partial charge in [0.1, 0.15) is 5.82 Å². The molecule has 0 bridgehead atoms. The van der Waals surface area contributed by atoms with Gasteiger partial charge in [-0.2, -0.15) is 9.40 Å². The van der Waals surface area contributed by atoms with Gasteiger partial charge in [-0.05, 0) is 31.2 Å². The molecule has 1 amide bonds. The third-order valence-electron chi connectivity index (χ3n) is 5.77. The fourth-order valence-corrected chi connectivity index (χ4v) is 5.07. The maximum Gasteiger partial charge on any atom is 0.261 e. The Labute approximate surface area is 187 Å². The number of anilines is 1. The lowest BCUT2D eigenvalue weighted by atomic mass is 10.1. The van der Waals surface area contributed by atoms with E-state index in [-0.39, 0.29) is 24.4 Å². The number of rotatable bonds is 6. The number of aromatic nitrogens is 2. The molecule has 0 aliphatic carbocycles. The topological polar surface area (TPSA) is 75.5 Å². The summed E-state index contributed by atoms with van der Waals surface area (Å²) in [4.78, 5) is 14.8. The molecule has 0 N–H and O–H groups in total. The van der Waals surface area contributed by atoms with Crippen molar-refractivity contribution in [3.63, 3.8) is 0 Å². The minimum Gasteiger partial charge on any atom is -0.302 e. The molecule has 2 heterocycles. The van der Waals surface area contributed by atoms with Crippen molar-refractivity contribution in [2.24, 2.45) is 7.05 Å². The first-order valence-corrected chi connectivity index (χ1v) is 12.1. The molecule has 0 unspecified atom stereocenters. The number of fused-ring (bicyclic) bond motifs is 1. The van der Waals surface area contributed by atoms with Crippen LogP contribution in [-0.4, -0.2) is 40.7 Å². The molecule has 2 aromatic carbocycles. The van der Waals surface area contributed by atoms with Crippen LogP contribution in [-0.2, 0) is 36.6 Å². The number of benzene rings is 2. The Morgan fingerprint density at radius 3 is 2.50 bits per heavy atom. The number of carbonyl (C=O) groups excluding carboxylic acids is 1. The maximum atomic E-state index is 14.4. The van der Waals surface area contributed by atoms with Crippen molar-refractivity contribution in [1.29, 1.82) is 0 Å². The SMILES string of the molecule is CCS(=O)(=O)N1CCc2c(c(CN(C(=O)c3ccccc3F)c3ccccc3)nn2C)C1. The second kappa shape index (κ2) is 8.84. The predicted molar refractivity (Wildman–Crippen MR) is 120 cm³/mol. The number of hydrogen-bond acceptors (Lipinski definition) is 4. The van der Waals surface area contributed by atoms with E-state index >= 15 is 0 Å². The molecular formula is C23H25FN4O3S. The lowest BCUT2D eigenvalue weighted by Gasteiger charge is -2.27. The quantitative estimate of drug-likeness (QED) is 0.571. The van der Waals surface area contributed by atoms with Gasteiger partial charge in [0.05, 0.1) is 23.6 Å². The van der Waals surface area contributed by atoms with Crippen molar-refractivity contribution in [2.75, 3.05) is 17.2 Å². The summed E-state index contributed by atoms with van der Waals surface area (Å²) in [6.45, 7) is 2.34. The monoisotopic (exact) mass is 456 g/mol. The highest BCUT2D eigenvalue weighted by Crippen LogP contribution is 2.28. The van der Waals surface area contributed by atoms with E-state index in [9.17, 15) is 17.6 Å². The minimum absolute atomic E-state index is 0.0276. The largest absolute Gasteiger partial charge is 0.302 e. The van der Waals surface area contributed by atoms with Gasteiger partial charge in [0.15, 0.2) is 0 Å². The van der Waals surface area contributed by atoms with E-state index in [1.807, 2.05) is 13.1 Å².